The predicted octanol–water partition coefficient (Wildman–Crippen LogP) is 2.13. The second kappa shape index (κ2) is 5.05. The molecule has 0 radical (unpaired) electrons. The molecular weight excluding hydrogens is 274 g/mol. The van der Waals surface area contributed by atoms with Crippen molar-refractivity contribution in [1.82, 2.24) is 0 Å². The minimum atomic E-state index is -0.506. The lowest BCUT2D eigenvalue weighted by molar-refractivity contribution is -0.135. The fraction of sp³-hybridized carbons (Fsp3) is 0.267. The summed E-state index contributed by atoms with van der Waals surface area (Å²) in [5.41, 5.74) is 1.35. The monoisotopic (exact) mass is 287 g/mol. The van der Waals surface area contributed by atoms with Gasteiger partial charge in [-0.05, 0) is 31.5 Å². The van der Waals surface area contributed by atoms with Gasteiger partial charge in [0.1, 0.15) is 12.3 Å². The Bertz CT molecular complexity index is 819. The summed E-state index contributed by atoms with van der Waals surface area (Å²) in [5, 5.41) is 0.781. The number of ether oxygens (including phenoxy) is 2. The summed E-state index contributed by atoms with van der Waals surface area (Å²) < 4.78 is 15.7. The van der Waals surface area contributed by atoms with Crippen molar-refractivity contribution >= 4 is 28.3 Å². The second-order valence-corrected chi connectivity index (χ2v) is 4.61. The molecule has 108 valence electrons. The van der Waals surface area contributed by atoms with Crippen molar-refractivity contribution in [2.45, 2.75) is 13.8 Å². The van der Waals surface area contributed by atoms with E-state index in [1.165, 1.54) is 6.07 Å². The quantitative estimate of drug-likeness (QED) is 0.624. The van der Waals surface area contributed by atoms with Crippen molar-refractivity contribution in [2.24, 2.45) is 4.99 Å². The van der Waals surface area contributed by atoms with Crippen LogP contribution in [0.3, 0.4) is 0 Å². The van der Waals surface area contributed by atoms with Crippen molar-refractivity contribution in [3.63, 3.8) is 0 Å². The Kier molecular flexibility index (Phi) is 3.21. The molecule has 0 fully saturated rings. The first kappa shape index (κ1) is 13.4. The summed E-state index contributed by atoms with van der Waals surface area (Å²) in [6.07, 6.45) is 0. The van der Waals surface area contributed by atoms with Crippen LogP contribution < -0.4 is 10.4 Å². The minimum absolute atomic E-state index is 0.0113. The topological polar surface area (TPSA) is 78.1 Å². The normalized spacial score (nSPS) is 13.3. The van der Waals surface area contributed by atoms with Crippen LogP contribution in [0, 0.1) is 6.92 Å². The SMILES string of the molecule is CCOC(=O)C1=Nc2ccc3c(C)cc(=O)oc3c2OC1. The number of aryl methyl sites for hydroxylation is 1. The highest BCUT2D eigenvalue weighted by atomic mass is 16.5. The summed E-state index contributed by atoms with van der Waals surface area (Å²) in [4.78, 5) is 27.4. The van der Waals surface area contributed by atoms with E-state index in [1.54, 1.807) is 19.1 Å². The lowest BCUT2D eigenvalue weighted by atomic mass is 10.1. The molecule has 0 aliphatic carbocycles. The average molecular weight is 287 g/mol. The van der Waals surface area contributed by atoms with Gasteiger partial charge in [0, 0.05) is 11.5 Å². The summed E-state index contributed by atoms with van der Waals surface area (Å²) in [7, 11) is 0. The van der Waals surface area contributed by atoms with E-state index in [4.69, 9.17) is 13.9 Å². The standard InChI is InChI=1S/C15H13NO5/c1-3-19-15(18)11-7-20-14-10(16-11)5-4-9-8(2)6-12(17)21-13(9)14/h4-6H,3,7H2,1-2H3. The molecule has 0 unspecified atom stereocenters. The molecule has 6 nitrogen and oxygen atoms in total. The maximum atomic E-state index is 11.7. The van der Waals surface area contributed by atoms with E-state index in [1.807, 2.05) is 6.92 Å². The van der Waals surface area contributed by atoms with E-state index in [-0.39, 0.29) is 18.9 Å². The van der Waals surface area contributed by atoms with Crippen molar-refractivity contribution in [3.8, 4) is 5.75 Å². The molecule has 2 aromatic rings. The smallest absolute Gasteiger partial charge is 0.356 e. The molecule has 1 aliphatic heterocycles. The van der Waals surface area contributed by atoms with Gasteiger partial charge < -0.3 is 13.9 Å². The molecule has 1 aromatic carbocycles. The van der Waals surface area contributed by atoms with Gasteiger partial charge in [0.05, 0.1) is 6.61 Å². The van der Waals surface area contributed by atoms with E-state index in [2.05, 4.69) is 4.99 Å². The largest absolute Gasteiger partial charge is 0.481 e. The van der Waals surface area contributed by atoms with E-state index >= 15 is 0 Å². The Hall–Kier alpha value is -2.63. The molecule has 0 saturated carbocycles. The fourth-order valence-electron chi connectivity index (χ4n) is 2.21. The van der Waals surface area contributed by atoms with Crippen LogP contribution in [0.4, 0.5) is 5.69 Å². The van der Waals surface area contributed by atoms with Gasteiger partial charge in [0.25, 0.3) is 0 Å². The number of hydrogen-bond donors (Lipinski definition) is 0. The van der Waals surface area contributed by atoms with Gasteiger partial charge in [-0.3, -0.25) is 0 Å². The molecule has 1 aliphatic rings. The van der Waals surface area contributed by atoms with Crippen LogP contribution in [0.15, 0.2) is 32.4 Å². The van der Waals surface area contributed by atoms with E-state index in [0.717, 1.165) is 10.9 Å². The zero-order valence-electron chi connectivity index (χ0n) is 11.6. The first-order valence-corrected chi connectivity index (χ1v) is 6.55. The summed E-state index contributed by atoms with van der Waals surface area (Å²) in [5.74, 6) is -0.129. The third kappa shape index (κ3) is 2.29. The number of hydrogen-bond acceptors (Lipinski definition) is 6. The molecule has 3 rings (SSSR count). The second-order valence-electron chi connectivity index (χ2n) is 4.61. The van der Waals surface area contributed by atoms with Crippen LogP contribution >= 0.6 is 0 Å². The number of rotatable bonds is 2. The van der Waals surface area contributed by atoms with E-state index < -0.39 is 11.6 Å². The number of nitrogens with zero attached hydrogens (tertiary/aromatic N) is 1. The van der Waals surface area contributed by atoms with Crippen LogP contribution in [0.2, 0.25) is 0 Å². The number of fused-ring (bicyclic) bond motifs is 3. The van der Waals surface area contributed by atoms with Gasteiger partial charge in [0.15, 0.2) is 17.0 Å². The van der Waals surface area contributed by atoms with Crippen LogP contribution in [-0.2, 0) is 9.53 Å². The summed E-state index contributed by atoms with van der Waals surface area (Å²) in [6, 6.07) is 4.93. The number of carbonyl (C=O) groups excluding carboxylic acids is 1. The number of benzene rings is 1. The highest BCUT2D eigenvalue weighted by molar-refractivity contribution is 6.38. The minimum Gasteiger partial charge on any atom is -0.481 e. The average Bonchev–Trinajstić information content (AvgIpc) is 2.46. The number of carbonyl (C=O) groups is 1. The Morgan fingerprint density at radius 3 is 3.00 bits per heavy atom. The molecule has 0 spiro atoms. The van der Waals surface area contributed by atoms with Gasteiger partial charge in [-0.15, -0.1) is 0 Å². The molecule has 0 bridgehead atoms. The van der Waals surface area contributed by atoms with Crippen molar-refractivity contribution in [3.05, 3.63) is 34.2 Å². The van der Waals surface area contributed by atoms with Crippen molar-refractivity contribution < 1.29 is 18.7 Å². The molecule has 0 atom stereocenters. The summed E-state index contributed by atoms with van der Waals surface area (Å²) >= 11 is 0. The van der Waals surface area contributed by atoms with Crippen LogP contribution in [-0.4, -0.2) is 24.9 Å². The Morgan fingerprint density at radius 2 is 2.24 bits per heavy atom. The number of esters is 1. The Labute approximate surface area is 120 Å². The number of aliphatic imine (C=N–C) groups is 1. The van der Waals surface area contributed by atoms with Crippen molar-refractivity contribution in [2.75, 3.05) is 13.2 Å². The van der Waals surface area contributed by atoms with Gasteiger partial charge in [-0.2, -0.15) is 0 Å². The van der Waals surface area contributed by atoms with Gasteiger partial charge in [-0.25, -0.2) is 14.6 Å². The first-order chi connectivity index (χ1) is 10.1. The van der Waals surface area contributed by atoms with E-state index in [0.29, 0.717) is 17.0 Å². The fourth-order valence-corrected chi connectivity index (χ4v) is 2.21. The lowest BCUT2D eigenvalue weighted by Gasteiger charge is -2.17. The maximum Gasteiger partial charge on any atom is 0.356 e. The van der Waals surface area contributed by atoms with Crippen LogP contribution in [0.25, 0.3) is 11.0 Å². The van der Waals surface area contributed by atoms with Gasteiger partial charge >= 0.3 is 11.6 Å². The van der Waals surface area contributed by atoms with Gasteiger partial charge in [0.2, 0.25) is 0 Å². The molecule has 1 aromatic heterocycles. The highest BCUT2D eigenvalue weighted by Crippen LogP contribution is 2.38. The molecule has 0 N–H and O–H groups in total. The highest BCUT2D eigenvalue weighted by Gasteiger charge is 2.23. The van der Waals surface area contributed by atoms with E-state index in [9.17, 15) is 9.59 Å². The van der Waals surface area contributed by atoms with Gasteiger partial charge in [-0.1, -0.05) is 0 Å². The zero-order chi connectivity index (χ0) is 15.0. The summed E-state index contributed by atoms with van der Waals surface area (Å²) in [6.45, 7) is 3.81. The van der Waals surface area contributed by atoms with Crippen LogP contribution in [0.1, 0.15) is 12.5 Å². The zero-order valence-corrected chi connectivity index (χ0v) is 11.6. The molecule has 6 heteroatoms. The third-order valence-corrected chi connectivity index (χ3v) is 3.17. The van der Waals surface area contributed by atoms with Crippen molar-refractivity contribution in [1.29, 1.82) is 0 Å². The molecular formula is C15H13NO5. The Balaban J connectivity index is 2.15. The van der Waals surface area contributed by atoms with Crippen LogP contribution in [0.5, 0.6) is 5.75 Å². The predicted molar refractivity (Wildman–Crippen MR) is 76.4 cm³/mol. The molecule has 0 amide bonds. The molecule has 2 heterocycles. The lowest BCUT2D eigenvalue weighted by Crippen LogP contribution is -2.26. The Morgan fingerprint density at radius 1 is 1.43 bits per heavy atom. The third-order valence-electron chi connectivity index (χ3n) is 3.17. The molecule has 21 heavy (non-hydrogen) atoms. The molecule has 0 saturated heterocycles. The first-order valence-electron chi connectivity index (χ1n) is 6.55. The maximum absolute atomic E-state index is 11.7.